The van der Waals surface area contributed by atoms with Crippen molar-refractivity contribution in [1.29, 1.82) is 0 Å². The Kier molecular flexibility index (Phi) is 5.24. The zero-order valence-electron chi connectivity index (χ0n) is 14.8. The number of hydrogen-bond acceptors (Lipinski definition) is 3. The molecule has 0 saturated heterocycles. The van der Waals surface area contributed by atoms with E-state index in [1.807, 2.05) is 36.7 Å². The lowest BCUT2D eigenvalue weighted by Gasteiger charge is -2.14. The van der Waals surface area contributed by atoms with E-state index in [1.54, 1.807) is 6.20 Å². The average molecular weight is 338 g/mol. The van der Waals surface area contributed by atoms with Crippen LogP contribution in [0.2, 0.25) is 0 Å². The van der Waals surface area contributed by atoms with Crippen molar-refractivity contribution in [3.05, 3.63) is 82.7 Å². The van der Waals surface area contributed by atoms with E-state index in [9.17, 15) is 4.39 Å². The molecule has 0 amide bonds. The Hall–Kier alpha value is -2.53. The second-order valence-electron chi connectivity index (χ2n) is 6.33. The molecule has 0 aliphatic carbocycles. The highest BCUT2D eigenvalue weighted by Gasteiger charge is 2.13. The summed E-state index contributed by atoms with van der Waals surface area (Å²) in [7, 11) is 0. The van der Waals surface area contributed by atoms with Gasteiger partial charge in [0, 0.05) is 30.0 Å². The van der Waals surface area contributed by atoms with E-state index in [0.717, 1.165) is 23.5 Å². The first-order chi connectivity index (χ1) is 12.0. The van der Waals surface area contributed by atoms with Gasteiger partial charge in [-0.15, -0.1) is 0 Å². The third-order valence-corrected chi connectivity index (χ3v) is 4.52. The molecule has 1 N–H and O–H groups in total. The van der Waals surface area contributed by atoms with Gasteiger partial charge in [0.05, 0.1) is 18.4 Å². The molecule has 25 heavy (non-hydrogen) atoms. The number of aryl methyl sites for hydroxylation is 1. The van der Waals surface area contributed by atoms with Crippen molar-refractivity contribution < 1.29 is 4.39 Å². The Morgan fingerprint density at radius 1 is 1.16 bits per heavy atom. The summed E-state index contributed by atoms with van der Waals surface area (Å²) < 4.78 is 15.4. The van der Waals surface area contributed by atoms with Crippen LogP contribution in [0.25, 0.3) is 0 Å². The molecule has 0 bridgehead atoms. The molecule has 0 aliphatic rings. The fourth-order valence-electron chi connectivity index (χ4n) is 2.94. The van der Waals surface area contributed by atoms with Crippen molar-refractivity contribution in [3.63, 3.8) is 0 Å². The van der Waals surface area contributed by atoms with Crippen LogP contribution >= 0.6 is 0 Å². The molecule has 4 nitrogen and oxygen atoms in total. The lowest BCUT2D eigenvalue weighted by molar-refractivity contribution is 0.558. The normalized spacial score (nSPS) is 12.3. The second-order valence-corrected chi connectivity index (χ2v) is 6.33. The Labute approximate surface area is 147 Å². The maximum Gasteiger partial charge on any atom is 0.141 e. The first-order valence-electron chi connectivity index (χ1n) is 8.45. The summed E-state index contributed by atoms with van der Waals surface area (Å²) in [5.41, 5.74) is 5.43. The molecule has 2 heterocycles. The maximum atomic E-state index is 13.3. The van der Waals surface area contributed by atoms with Crippen LogP contribution in [0.15, 0.2) is 48.8 Å². The van der Waals surface area contributed by atoms with Gasteiger partial charge in [-0.25, -0.2) is 4.39 Å². The molecular formula is C20H23FN4. The fourth-order valence-corrected chi connectivity index (χ4v) is 2.94. The van der Waals surface area contributed by atoms with Crippen LogP contribution in [0.3, 0.4) is 0 Å². The Balaban J connectivity index is 1.70. The van der Waals surface area contributed by atoms with Crippen molar-refractivity contribution >= 4 is 0 Å². The molecule has 0 fully saturated rings. The monoisotopic (exact) mass is 338 g/mol. The molecular weight excluding hydrogens is 315 g/mol. The van der Waals surface area contributed by atoms with Crippen LogP contribution in [-0.2, 0) is 13.1 Å². The van der Waals surface area contributed by atoms with E-state index >= 15 is 0 Å². The minimum atomic E-state index is -0.311. The van der Waals surface area contributed by atoms with Gasteiger partial charge in [0.1, 0.15) is 5.82 Å². The summed E-state index contributed by atoms with van der Waals surface area (Å²) in [6.07, 6.45) is 2.91. The topological polar surface area (TPSA) is 42.7 Å². The van der Waals surface area contributed by atoms with Crippen LogP contribution in [0.5, 0.6) is 0 Å². The van der Waals surface area contributed by atoms with Gasteiger partial charge in [0.15, 0.2) is 0 Å². The van der Waals surface area contributed by atoms with Crippen molar-refractivity contribution in [2.24, 2.45) is 0 Å². The molecule has 0 saturated carbocycles. The zero-order valence-corrected chi connectivity index (χ0v) is 14.8. The number of nitrogens with one attached hydrogen (secondary N) is 1. The molecule has 2 aromatic heterocycles. The zero-order chi connectivity index (χ0) is 17.8. The van der Waals surface area contributed by atoms with E-state index in [1.165, 1.54) is 23.4 Å². The lowest BCUT2D eigenvalue weighted by atomic mass is 10.1. The molecule has 1 aromatic carbocycles. The number of benzene rings is 1. The van der Waals surface area contributed by atoms with Gasteiger partial charge < -0.3 is 5.32 Å². The fraction of sp³-hybridized carbons (Fsp3) is 0.300. The van der Waals surface area contributed by atoms with Gasteiger partial charge in [0.2, 0.25) is 0 Å². The Morgan fingerprint density at radius 3 is 2.64 bits per heavy atom. The molecule has 3 aromatic rings. The number of rotatable bonds is 6. The molecule has 1 atom stereocenters. The highest BCUT2D eigenvalue weighted by molar-refractivity contribution is 5.26. The predicted octanol–water partition coefficient (Wildman–Crippen LogP) is 3.93. The number of hydrogen-bond donors (Lipinski definition) is 1. The first-order valence-corrected chi connectivity index (χ1v) is 8.45. The summed E-state index contributed by atoms with van der Waals surface area (Å²) >= 11 is 0. The highest BCUT2D eigenvalue weighted by Crippen LogP contribution is 2.17. The van der Waals surface area contributed by atoms with E-state index in [0.29, 0.717) is 6.54 Å². The number of pyridine rings is 1. The van der Waals surface area contributed by atoms with Gasteiger partial charge in [0.25, 0.3) is 0 Å². The number of aromatic nitrogens is 3. The third kappa shape index (κ3) is 4.12. The smallest absolute Gasteiger partial charge is 0.141 e. The molecule has 5 heteroatoms. The van der Waals surface area contributed by atoms with Gasteiger partial charge in [-0.1, -0.05) is 30.3 Å². The summed E-state index contributed by atoms with van der Waals surface area (Å²) in [6, 6.07) is 11.8. The summed E-state index contributed by atoms with van der Waals surface area (Å²) in [6.45, 7) is 7.57. The van der Waals surface area contributed by atoms with Crippen LogP contribution < -0.4 is 5.32 Å². The van der Waals surface area contributed by atoms with Gasteiger partial charge >= 0.3 is 0 Å². The lowest BCUT2D eigenvalue weighted by Crippen LogP contribution is -2.19. The molecule has 1 unspecified atom stereocenters. The van der Waals surface area contributed by atoms with E-state index in [4.69, 9.17) is 0 Å². The predicted molar refractivity (Wildman–Crippen MR) is 96.7 cm³/mol. The van der Waals surface area contributed by atoms with Crippen molar-refractivity contribution in [2.45, 2.75) is 39.9 Å². The van der Waals surface area contributed by atoms with Gasteiger partial charge in [-0.2, -0.15) is 5.10 Å². The summed E-state index contributed by atoms with van der Waals surface area (Å²) in [5.74, 6) is -0.311. The van der Waals surface area contributed by atoms with Crippen LogP contribution in [0, 0.1) is 19.7 Å². The highest BCUT2D eigenvalue weighted by atomic mass is 19.1. The minimum absolute atomic E-state index is 0.0134. The Bertz CT molecular complexity index is 842. The van der Waals surface area contributed by atoms with Gasteiger partial charge in [-0.05, 0) is 38.0 Å². The van der Waals surface area contributed by atoms with E-state index in [2.05, 4.69) is 34.5 Å². The summed E-state index contributed by atoms with van der Waals surface area (Å²) in [4.78, 5) is 3.91. The van der Waals surface area contributed by atoms with Crippen molar-refractivity contribution in [1.82, 2.24) is 20.1 Å². The van der Waals surface area contributed by atoms with E-state index < -0.39 is 0 Å². The van der Waals surface area contributed by atoms with Crippen molar-refractivity contribution in [3.8, 4) is 0 Å². The van der Waals surface area contributed by atoms with E-state index in [-0.39, 0.29) is 11.9 Å². The molecule has 0 radical (unpaired) electrons. The SMILES string of the molecule is Cc1nn(Cc2ccccc2)c(C)c1CNC(C)c1cncc(F)c1. The summed E-state index contributed by atoms with van der Waals surface area (Å²) in [5, 5.41) is 8.12. The number of halogens is 1. The quantitative estimate of drug-likeness (QED) is 0.740. The molecule has 130 valence electrons. The van der Waals surface area contributed by atoms with Gasteiger partial charge in [-0.3, -0.25) is 9.67 Å². The number of nitrogens with zero attached hydrogens (tertiary/aromatic N) is 3. The average Bonchev–Trinajstić information content (AvgIpc) is 2.87. The molecule has 3 rings (SSSR count). The maximum absolute atomic E-state index is 13.3. The van der Waals surface area contributed by atoms with Crippen LogP contribution in [-0.4, -0.2) is 14.8 Å². The molecule has 0 spiro atoms. The molecule has 0 aliphatic heterocycles. The van der Waals surface area contributed by atoms with Crippen molar-refractivity contribution in [2.75, 3.05) is 0 Å². The first kappa shape index (κ1) is 17.3. The van der Waals surface area contributed by atoms with Crippen LogP contribution in [0.4, 0.5) is 4.39 Å². The standard InChI is InChI=1S/C20H23FN4/c1-14(18-9-19(21)11-22-10-18)23-12-20-15(2)24-25(16(20)3)13-17-7-5-4-6-8-17/h4-11,14,23H,12-13H2,1-3H3. The Morgan fingerprint density at radius 2 is 1.92 bits per heavy atom. The second kappa shape index (κ2) is 7.57. The largest absolute Gasteiger partial charge is 0.306 e. The van der Waals surface area contributed by atoms with Crippen LogP contribution in [0.1, 0.15) is 41.0 Å². The third-order valence-electron chi connectivity index (χ3n) is 4.52. The minimum Gasteiger partial charge on any atom is -0.306 e.